The molecular formula is C16H15NO3. The molecule has 0 fully saturated rings. The van der Waals surface area contributed by atoms with Crippen molar-refractivity contribution in [2.75, 3.05) is 0 Å². The molecule has 0 radical (unpaired) electrons. The Balaban J connectivity index is 2.06. The fourth-order valence-electron chi connectivity index (χ4n) is 2.49. The summed E-state index contributed by atoms with van der Waals surface area (Å²) in [5.74, 6) is -0.488. The van der Waals surface area contributed by atoms with Gasteiger partial charge >= 0.3 is 5.76 Å². The predicted octanol–water partition coefficient (Wildman–Crippen LogP) is 2.82. The van der Waals surface area contributed by atoms with Crippen molar-refractivity contribution >= 4 is 11.1 Å². The van der Waals surface area contributed by atoms with Gasteiger partial charge in [-0.25, -0.2) is 4.79 Å². The maximum atomic E-state index is 11.1. The molecule has 0 aliphatic rings. The van der Waals surface area contributed by atoms with E-state index < -0.39 is 11.9 Å². The molecule has 1 atom stereocenters. The molecular weight excluding hydrogens is 254 g/mol. The van der Waals surface area contributed by atoms with Crippen LogP contribution in [0.5, 0.6) is 0 Å². The summed E-state index contributed by atoms with van der Waals surface area (Å²) in [5.41, 5.74) is 4.83. The lowest BCUT2D eigenvalue weighted by Crippen LogP contribution is -2.00. The van der Waals surface area contributed by atoms with Gasteiger partial charge in [0.25, 0.3) is 0 Å². The van der Waals surface area contributed by atoms with Gasteiger partial charge in [0.2, 0.25) is 0 Å². The zero-order valence-corrected chi connectivity index (χ0v) is 11.3. The monoisotopic (exact) mass is 269 g/mol. The Morgan fingerprint density at radius 1 is 1.05 bits per heavy atom. The van der Waals surface area contributed by atoms with E-state index >= 15 is 0 Å². The smallest absolute Gasteiger partial charge is 0.408 e. The largest absolute Gasteiger partial charge is 0.417 e. The zero-order valence-electron chi connectivity index (χ0n) is 11.3. The number of rotatable bonds is 2. The Hall–Kier alpha value is -2.33. The minimum Gasteiger partial charge on any atom is -0.408 e. The van der Waals surface area contributed by atoms with Gasteiger partial charge in [-0.05, 0) is 37.1 Å². The van der Waals surface area contributed by atoms with Crippen molar-refractivity contribution < 1.29 is 9.52 Å². The Morgan fingerprint density at radius 3 is 2.45 bits per heavy atom. The van der Waals surface area contributed by atoms with E-state index in [2.05, 4.69) is 11.1 Å². The summed E-state index contributed by atoms with van der Waals surface area (Å²) in [6.07, 6.45) is -0.738. The SMILES string of the molecule is Cc1cc(C)cc(C(O)c2ccc3[nH]c(=O)oc3c2)c1. The van der Waals surface area contributed by atoms with Gasteiger partial charge in [-0.1, -0.05) is 35.4 Å². The molecule has 1 heterocycles. The van der Waals surface area contributed by atoms with E-state index in [9.17, 15) is 9.90 Å². The molecule has 0 saturated heterocycles. The van der Waals surface area contributed by atoms with Crippen molar-refractivity contribution in [3.05, 3.63) is 69.2 Å². The second kappa shape index (κ2) is 4.65. The Kier molecular flexibility index (Phi) is 2.95. The lowest BCUT2D eigenvalue weighted by atomic mass is 9.98. The molecule has 0 aliphatic heterocycles. The molecule has 4 heteroatoms. The van der Waals surface area contributed by atoms with Crippen molar-refractivity contribution in [3.8, 4) is 0 Å². The van der Waals surface area contributed by atoms with Crippen LogP contribution in [0.4, 0.5) is 0 Å². The van der Waals surface area contributed by atoms with Gasteiger partial charge in [-0.15, -0.1) is 0 Å². The lowest BCUT2D eigenvalue weighted by molar-refractivity contribution is 0.220. The minimum absolute atomic E-state index is 0.455. The molecule has 2 N–H and O–H groups in total. The van der Waals surface area contributed by atoms with Gasteiger partial charge in [0, 0.05) is 0 Å². The van der Waals surface area contributed by atoms with Gasteiger partial charge in [-0.3, -0.25) is 4.98 Å². The first-order valence-corrected chi connectivity index (χ1v) is 6.42. The number of aliphatic hydroxyl groups excluding tert-OH is 1. The number of benzene rings is 2. The molecule has 20 heavy (non-hydrogen) atoms. The van der Waals surface area contributed by atoms with Crippen molar-refractivity contribution in [1.29, 1.82) is 0 Å². The number of aromatic amines is 1. The molecule has 0 spiro atoms. The number of nitrogens with one attached hydrogen (secondary N) is 1. The predicted molar refractivity (Wildman–Crippen MR) is 76.8 cm³/mol. The van der Waals surface area contributed by atoms with Gasteiger partial charge in [-0.2, -0.15) is 0 Å². The summed E-state index contributed by atoms with van der Waals surface area (Å²) < 4.78 is 5.02. The Bertz CT molecular complexity index is 809. The van der Waals surface area contributed by atoms with Crippen LogP contribution < -0.4 is 5.76 Å². The molecule has 0 amide bonds. The van der Waals surface area contributed by atoms with Crippen molar-refractivity contribution in [3.63, 3.8) is 0 Å². The second-order valence-corrected chi connectivity index (χ2v) is 5.09. The molecule has 102 valence electrons. The van der Waals surface area contributed by atoms with Crippen molar-refractivity contribution in [2.45, 2.75) is 20.0 Å². The fourth-order valence-corrected chi connectivity index (χ4v) is 2.49. The molecule has 2 aromatic carbocycles. The maximum Gasteiger partial charge on any atom is 0.417 e. The normalized spacial score (nSPS) is 12.8. The summed E-state index contributed by atoms with van der Waals surface area (Å²) in [4.78, 5) is 13.7. The van der Waals surface area contributed by atoms with E-state index in [1.54, 1.807) is 18.2 Å². The molecule has 0 bridgehead atoms. The Labute approximate surface area is 115 Å². The molecule has 1 unspecified atom stereocenters. The quantitative estimate of drug-likeness (QED) is 0.751. The third kappa shape index (κ3) is 2.26. The maximum absolute atomic E-state index is 11.1. The minimum atomic E-state index is -0.738. The standard InChI is InChI=1S/C16H15NO3/c1-9-5-10(2)7-12(6-9)15(18)11-3-4-13-14(8-11)20-16(19)17-13/h3-8,15,18H,1-2H3,(H,17,19). The average Bonchev–Trinajstić information content (AvgIpc) is 2.75. The van der Waals surface area contributed by atoms with Crippen molar-refractivity contribution in [1.82, 2.24) is 4.98 Å². The summed E-state index contributed by atoms with van der Waals surface area (Å²) in [5, 5.41) is 10.5. The van der Waals surface area contributed by atoms with Crippen LogP contribution in [-0.2, 0) is 0 Å². The molecule has 4 nitrogen and oxygen atoms in total. The van der Waals surface area contributed by atoms with Crippen molar-refractivity contribution in [2.24, 2.45) is 0 Å². The first-order valence-electron chi connectivity index (χ1n) is 6.42. The van der Waals surface area contributed by atoms with Crippen LogP contribution in [-0.4, -0.2) is 10.1 Å². The van der Waals surface area contributed by atoms with Crippen LogP contribution in [0.1, 0.15) is 28.4 Å². The van der Waals surface area contributed by atoms with E-state index in [4.69, 9.17) is 4.42 Å². The van der Waals surface area contributed by atoms with E-state index in [-0.39, 0.29) is 0 Å². The van der Waals surface area contributed by atoms with Gasteiger partial charge < -0.3 is 9.52 Å². The zero-order chi connectivity index (χ0) is 14.3. The highest BCUT2D eigenvalue weighted by atomic mass is 16.4. The van der Waals surface area contributed by atoms with E-state index in [1.807, 2.05) is 26.0 Å². The number of aliphatic hydroxyl groups is 1. The molecule has 0 aliphatic carbocycles. The summed E-state index contributed by atoms with van der Waals surface area (Å²) in [6.45, 7) is 4.00. The van der Waals surface area contributed by atoms with E-state index in [0.29, 0.717) is 16.7 Å². The highest BCUT2D eigenvalue weighted by molar-refractivity contribution is 5.73. The first kappa shape index (κ1) is 12.7. The van der Waals surface area contributed by atoms with Crippen LogP contribution in [0.15, 0.2) is 45.6 Å². The van der Waals surface area contributed by atoms with E-state index in [1.165, 1.54) is 0 Å². The highest BCUT2D eigenvalue weighted by Gasteiger charge is 2.13. The second-order valence-electron chi connectivity index (χ2n) is 5.09. The number of oxazole rings is 1. The number of H-pyrrole nitrogens is 1. The van der Waals surface area contributed by atoms with Crippen LogP contribution in [0.3, 0.4) is 0 Å². The third-order valence-electron chi connectivity index (χ3n) is 3.32. The van der Waals surface area contributed by atoms with Crippen LogP contribution in [0.2, 0.25) is 0 Å². The topological polar surface area (TPSA) is 66.2 Å². The highest BCUT2D eigenvalue weighted by Crippen LogP contribution is 2.26. The van der Waals surface area contributed by atoms with Crippen LogP contribution in [0.25, 0.3) is 11.1 Å². The molecule has 0 saturated carbocycles. The van der Waals surface area contributed by atoms with Gasteiger partial charge in [0.15, 0.2) is 5.58 Å². The summed E-state index contributed by atoms with van der Waals surface area (Å²) >= 11 is 0. The van der Waals surface area contributed by atoms with Gasteiger partial charge in [0.1, 0.15) is 6.10 Å². The number of aromatic nitrogens is 1. The lowest BCUT2D eigenvalue weighted by Gasteiger charge is -2.13. The summed E-state index contributed by atoms with van der Waals surface area (Å²) in [6, 6.07) is 11.2. The molecule has 3 aromatic rings. The molecule has 3 rings (SSSR count). The number of hydrogen-bond acceptors (Lipinski definition) is 3. The third-order valence-corrected chi connectivity index (χ3v) is 3.32. The van der Waals surface area contributed by atoms with Crippen LogP contribution >= 0.6 is 0 Å². The molecule has 1 aromatic heterocycles. The fraction of sp³-hybridized carbons (Fsp3) is 0.188. The Morgan fingerprint density at radius 2 is 1.75 bits per heavy atom. The average molecular weight is 269 g/mol. The number of fused-ring (bicyclic) bond motifs is 1. The first-order chi connectivity index (χ1) is 9.52. The summed E-state index contributed by atoms with van der Waals surface area (Å²) in [7, 11) is 0. The number of hydrogen-bond donors (Lipinski definition) is 2. The van der Waals surface area contributed by atoms with Gasteiger partial charge in [0.05, 0.1) is 5.52 Å². The van der Waals surface area contributed by atoms with E-state index in [0.717, 1.165) is 16.7 Å². The number of aryl methyl sites for hydroxylation is 2. The van der Waals surface area contributed by atoms with Crippen LogP contribution in [0, 0.1) is 13.8 Å².